The fourth-order valence-corrected chi connectivity index (χ4v) is 2.69. The smallest absolute Gasteiger partial charge is 0.143 e. The zero-order valence-corrected chi connectivity index (χ0v) is 15.5. The van der Waals surface area contributed by atoms with Crippen LogP contribution in [0.5, 0.6) is 0 Å². The van der Waals surface area contributed by atoms with Crippen molar-refractivity contribution in [1.29, 1.82) is 0 Å². The minimum absolute atomic E-state index is 0.137. The highest BCUT2D eigenvalue weighted by molar-refractivity contribution is 5.70. The van der Waals surface area contributed by atoms with Crippen LogP contribution in [0.3, 0.4) is 0 Å². The number of aliphatic hydroxyl groups excluding tert-OH is 1. The maximum atomic E-state index is 10.9. The lowest BCUT2D eigenvalue weighted by Crippen LogP contribution is -2.24. The standard InChI is InChI=1S/C22H25N3O/c1-5-11-17(6-2)20(25-19-13-8-9-14-23-19)16(4)22(26)21-18(7-3)12-10-15-24-21/h5-15,20,26H,3H2,1-2,4H3,(H,23,25)/b11-5-,17-6+,22-16-. The Morgan fingerprint density at radius 3 is 2.54 bits per heavy atom. The minimum atomic E-state index is -0.245. The summed E-state index contributed by atoms with van der Waals surface area (Å²) in [6.07, 6.45) is 11.1. The minimum Gasteiger partial charge on any atom is -0.506 e. The first kappa shape index (κ1) is 19.2. The van der Waals surface area contributed by atoms with Crippen LogP contribution in [0.25, 0.3) is 11.8 Å². The van der Waals surface area contributed by atoms with Gasteiger partial charge < -0.3 is 10.4 Å². The first-order valence-corrected chi connectivity index (χ1v) is 8.56. The summed E-state index contributed by atoms with van der Waals surface area (Å²) in [4.78, 5) is 8.68. The highest BCUT2D eigenvalue weighted by atomic mass is 16.3. The highest BCUT2D eigenvalue weighted by Gasteiger charge is 2.20. The van der Waals surface area contributed by atoms with E-state index < -0.39 is 0 Å². The van der Waals surface area contributed by atoms with Crippen molar-refractivity contribution in [2.45, 2.75) is 26.8 Å². The lowest BCUT2D eigenvalue weighted by Gasteiger charge is -2.23. The fourth-order valence-electron chi connectivity index (χ4n) is 2.69. The van der Waals surface area contributed by atoms with E-state index in [4.69, 9.17) is 0 Å². The van der Waals surface area contributed by atoms with Gasteiger partial charge in [0.05, 0.1) is 6.04 Å². The molecule has 0 saturated carbocycles. The Kier molecular flexibility index (Phi) is 6.92. The molecule has 0 fully saturated rings. The molecule has 2 rings (SSSR count). The van der Waals surface area contributed by atoms with Crippen molar-refractivity contribution in [2.75, 3.05) is 5.32 Å². The summed E-state index contributed by atoms with van der Waals surface area (Å²) in [7, 11) is 0. The molecule has 0 radical (unpaired) electrons. The molecule has 0 aliphatic heterocycles. The maximum Gasteiger partial charge on any atom is 0.143 e. The molecular weight excluding hydrogens is 322 g/mol. The van der Waals surface area contributed by atoms with Crippen LogP contribution in [0.4, 0.5) is 5.82 Å². The van der Waals surface area contributed by atoms with E-state index in [0.717, 1.165) is 22.5 Å². The zero-order valence-electron chi connectivity index (χ0n) is 15.5. The fraction of sp³-hybridized carbons (Fsp3) is 0.182. The number of pyridine rings is 2. The number of nitrogens with one attached hydrogen (secondary N) is 1. The number of anilines is 1. The molecule has 134 valence electrons. The Morgan fingerprint density at radius 2 is 1.92 bits per heavy atom. The number of hydrogen-bond donors (Lipinski definition) is 2. The average molecular weight is 347 g/mol. The summed E-state index contributed by atoms with van der Waals surface area (Å²) in [6.45, 7) is 9.64. The van der Waals surface area contributed by atoms with E-state index in [1.165, 1.54) is 0 Å². The average Bonchev–Trinajstić information content (AvgIpc) is 2.70. The Hall–Kier alpha value is -3.14. The summed E-state index contributed by atoms with van der Waals surface area (Å²) in [5, 5.41) is 14.3. The van der Waals surface area contributed by atoms with Gasteiger partial charge in [0.25, 0.3) is 0 Å². The van der Waals surface area contributed by atoms with Crippen molar-refractivity contribution in [3.05, 3.63) is 89.9 Å². The number of nitrogens with zero attached hydrogens (tertiary/aromatic N) is 2. The number of rotatable bonds is 7. The van der Waals surface area contributed by atoms with E-state index in [-0.39, 0.29) is 11.8 Å². The Balaban J connectivity index is 2.53. The lowest BCUT2D eigenvalue weighted by molar-refractivity contribution is 0.500. The number of aromatic nitrogens is 2. The van der Waals surface area contributed by atoms with E-state index in [9.17, 15) is 5.11 Å². The van der Waals surface area contributed by atoms with Gasteiger partial charge in [-0.3, -0.25) is 4.98 Å². The normalized spacial score (nSPS) is 14.0. The lowest BCUT2D eigenvalue weighted by atomic mass is 9.96. The summed E-state index contributed by atoms with van der Waals surface area (Å²) >= 11 is 0. The third-order valence-electron chi connectivity index (χ3n) is 4.07. The summed E-state index contributed by atoms with van der Waals surface area (Å²) in [5.41, 5.74) is 3.08. The molecule has 2 N–H and O–H groups in total. The van der Waals surface area contributed by atoms with Crippen LogP contribution in [0, 0.1) is 0 Å². The monoisotopic (exact) mass is 347 g/mol. The van der Waals surface area contributed by atoms with Crippen molar-refractivity contribution in [1.82, 2.24) is 9.97 Å². The number of aliphatic hydroxyl groups is 1. The zero-order chi connectivity index (χ0) is 18.9. The molecule has 2 aromatic heterocycles. The van der Waals surface area contributed by atoms with Gasteiger partial charge in [0.2, 0.25) is 0 Å². The Bertz CT molecular complexity index is 835. The van der Waals surface area contributed by atoms with Crippen LogP contribution in [0.15, 0.2) is 78.7 Å². The molecule has 0 saturated heterocycles. The Morgan fingerprint density at radius 1 is 1.15 bits per heavy atom. The van der Waals surface area contributed by atoms with Gasteiger partial charge in [-0.05, 0) is 50.1 Å². The van der Waals surface area contributed by atoms with E-state index in [1.54, 1.807) is 18.5 Å². The molecule has 4 nitrogen and oxygen atoms in total. The second-order valence-electron chi connectivity index (χ2n) is 5.76. The molecule has 0 aromatic carbocycles. The van der Waals surface area contributed by atoms with Gasteiger partial charge in [-0.25, -0.2) is 4.98 Å². The molecule has 1 atom stereocenters. The molecule has 2 heterocycles. The van der Waals surface area contributed by atoms with Gasteiger partial charge in [0.15, 0.2) is 0 Å². The largest absolute Gasteiger partial charge is 0.506 e. The van der Waals surface area contributed by atoms with E-state index in [0.29, 0.717) is 5.69 Å². The van der Waals surface area contributed by atoms with Gasteiger partial charge in [-0.15, -0.1) is 0 Å². The third kappa shape index (κ3) is 4.48. The van der Waals surface area contributed by atoms with Crippen LogP contribution in [0.2, 0.25) is 0 Å². The van der Waals surface area contributed by atoms with Crippen LogP contribution in [-0.2, 0) is 0 Å². The summed E-state index contributed by atoms with van der Waals surface area (Å²) in [6, 6.07) is 9.14. The van der Waals surface area contributed by atoms with Gasteiger partial charge in [0, 0.05) is 18.0 Å². The molecule has 0 spiro atoms. The molecule has 4 heteroatoms. The molecule has 0 amide bonds. The molecule has 0 aliphatic rings. The van der Waals surface area contributed by atoms with Crippen LogP contribution < -0.4 is 5.32 Å². The Labute approximate surface area is 155 Å². The molecule has 1 unspecified atom stereocenters. The van der Waals surface area contributed by atoms with Gasteiger partial charge in [-0.2, -0.15) is 0 Å². The van der Waals surface area contributed by atoms with E-state index >= 15 is 0 Å². The number of allylic oxidation sites excluding steroid dienone is 2. The van der Waals surface area contributed by atoms with Crippen LogP contribution in [-0.4, -0.2) is 21.1 Å². The SMILES string of the molecule is C=Cc1cccnc1/C(O)=C(\C)C(Nc1ccccn1)C(/C=C\C)=C/C. The summed E-state index contributed by atoms with van der Waals surface area (Å²) in [5.74, 6) is 0.872. The van der Waals surface area contributed by atoms with Gasteiger partial charge in [-0.1, -0.05) is 43.0 Å². The highest BCUT2D eigenvalue weighted by Crippen LogP contribution is 2.26. The van der Waals surface area contributed by atoms with Crippen LogP contribution >= 0.6 is 0 Å². The first-order chi connectivity index (χ1) is 12.6. The van der Waals surface area contributed by atoms with Gasteiger partial charge in [0.1, 0.15) is 17.3 Å². The predicted octanol–water partition coefficient (Wildman–Crippen LogP) is 5.41. The van der Waals surface area contributed by atoms with Crippen molar-refractivity contribution in [3.8, 4) is 0 Å². The molecular formula is C22H25N3O. The maximum absolute atomic E-state index is 10.9. The molecule has 2 aromatic rings. The molecule has 0 aliphatic carbocycles. The van der Waals surface area contributed by atoms with E-state index in [1.807, 2.05) is 69.3 Å². The van der Waals surface area contributed by atoms with Crippen LogP contribution in [0.1, 0.15) is 32.0 Å². The first-order valence-electron chi connectivity index (χ1n) is 8.56. The molecule has 0 bridgehead atoms. The van der Waals surface area contributed by atoms with Crippen molar-refractivity contribution in [2.24, 2.45) is 0 Å². The molecule has 26 heavy (non-hydrogen) atoms. The topological polar surface area (TPSA) is 58.0 Å². The summed E-state index contributed by atoms with van der Waals surface area (Å²) < 4.78 is 0. The van der Waals surface area contributed by atoms with Crippen molar-refractivity contribution >= 4 is 17.7 Å². The van der Waals surface area contributed by atoms with Crippen molar-refractivity contribution < 1.29 is 5.11 Å². The van der Waals surface area contributed by atoms with Crippen molar-refractivity contribution in [3.63, 3.8) is 0 Å². The van der Waals surface area contributed by atoms with Gasteiger partial charge >= 0.3 is 0 Å². The second-order valence-corrected chi connectivity index (χ2v) is 5.76. The number of hydrogen-bond acceptors (Lipinski definition) is 4. The second kappa shape index (κ2) is 9.37. The third-order valence-corrected chi connectivity index (χ3v) is 4.07. The predicted molar refractivity (Wildman–Crippen MR) is 110 cm³/mol. The quantitative estimate of drug-likeness (QED) is 0.519. The van der Waals surface area contributed by atoms with E-state index in [2.05, 4.69) is 21.9 Å².